The van der Waals surface area contributed by atoms with Crippen LogP contribution < -0.4 is 4.74 Å². The van der Waals surface area contributed by atoms with E-state index in [-0.39, 0.29) is 5.57 Å². The Labute approximate surface area is 106 Å². The number of rotatable bonds is 5. The molecule has 1 aromatic rings. The Kier molecular flexibility index (Phi) is 5.11. The van der Waals surface area contributed by atoms with Crippen LogP contribution in [0.15, 0.2) is 42.2 Å². The molecule has 96 valence electrons. The smallest absolute Gasteiger partial charge is 0.333 e. The number of hydrogen-bond donors (Lipinski definition) is 0. The van der Waals surface area contributed by atoms with E-state index in [2.05, 4.69) is 11.3 Å². The van der Waals surface area contributed by atoms with Gasteiger partial charge in [0.05, 0.1) is 7.11 Å². The topological polar surface area (TPSA) is 35.5 Å². The second kappa shape index (κ2) is 6.59. The maximum atomic E-state index is 13.4. The van der Waals surface area contributed by atoms with Gasteiger partial charge in [0.2, 0.25) is 0 Å². The van der Waals surface area contributed by atoms with Gasteiger partial charge in [-0.25, -0.2) is 9.18 Å². The van der Waals surface area contributed by atoms with Gasteiger partial charge >= 0.3 is 5.97 Å². The number of benzene rings is 1. The van der Waals surface area contributed by atoms with E-state index in [0.717, 1.165) is 0 Å². The average molecular weight is 250 g/mol. The number of ether oxygens (including phenoxy) is 2. The van der Waals surface area contributed by atoms with Gasteiger partial charge in [-0.15, -0.1) is 0 Å². The quantitative estimate of drug-likeness (QED) is 0.595. The highest BCUT2D eigenvalue weighted by Crippen LogP contribution is 2.14. The van der Waals surface area contributed by atoms with Crippen LogP contribution in [0.5, 0.6) is 5.75 Å². The Hall–Kier alpha value is -2.10. The second-order valence-electron chi connectivity index (χ2n) is 3.72. The minimum Gasteiger partial charge on any atom is -0.497 e. The van der Waals surface area contributed by atoms with Crippen LogP contribution in [-0.2, 0) is 9.53 Å². The third-order valence-corrected chi connectivity index (χ3v) is 2.13. The van der Waals surface area contributed by atoms with Gasteiger partial charge in [-0.05, 0) is 30.7 Å². The van der Waals surface area contributed by atoms with Gasteiger partial charge in [-0.2, -0.15) is 0 Å². The molecule has 4 heteroatoms. The molecule has 0 amide bonds. The maximum absolute atomic E-state index is 13.4. The van der Waals surface area contributed by atoms with Crippen molar-refractivity contribution in [1.29, 1.82) is 0 Å². The summed E-state index contributed by atoms with van der Waals surface area (Å²) in [6.45, 7) is 4.52. The molecular weight excluding hydrogens is 235 g/mol. The summed E-state index contributed by atoms with van der Waals surface area (Å²) in [5, 5.41) is 0. The van der Waals surface area contributed by atoms with Crippen molar-refractivity contribution in [2.45, 2.75) is 6.92 Å². The minimum atomic E-state index is -0.603. The van der Waals surface area contributed by atoms with Crippen molar-refractivity contribution in [2.24, 2.45) is 0 Å². The first-order chi connectivity index (χ1) is 8.52. The summed E-state index contributed by atoms with van der Waals surface area (Å²) in [7, 11) is 1.56. The predicted molar refractivity (Wildman–Crippen MR) is 67.9 cm³/mol. The Morgan fingerprint density at radius 2 is 2.00 bits per heavy atom. The fourth-order valence-corrected chi connectivity index (χ4v) is 1.18. The number of methoxy groups -OCH3 is 1. The molecule has 0 bridgehead atoms. The molecule has 0 radical (unpaired) electrons. The zero-order valence-electron chi connectivity index (χ0n) is 10.4. The van der Waals surface area contributed by atoms with E-state index in [4.69, 9.17) is 4.74 Å². The van der Waals surface area contributed by atoms with Crippen molar-refractivity contribution in [1.82, 2.24) is 0 Å². The lowest BCUT2D eigenvalue weighted by Crippen LogP contribution is -2.06. The van der Waals surface area contributed by atoms with Gasteiger partial charge in [-0.3, -0.25) is 0 Å². The lowest BCUT2D eigenvalue weighted by atomic mass is 10.2. The Balaban J connectivity index is 2.59. The first-order valence-electron chi connectivity index (χ1n) is 5.35. The van der Waals surface area contributed by atoms with E-state index in [1.165, 1.54) is 13.0 Å². The van der Waals surface area contributed by atoms with Gasteiger partial charge < -0.3 is 9.47 Å². The van der Waals surface area contributed by atoms with Crippen molar-refractivity contribution in [3.8, 4) is 5.75 Å². The number of halogens is 1. The molecular formula is C14H15FO3. The molecule has 18 heavy (non-hydrogen) atoms. The molecule has 0 aliphatic heterocycles. The highest BCUT2D eigenvalue weighted by Gasteiger charge is 2.05. The molecule has 0 aliphatic carbocycles. The normalized spacial score (nSPS) is 10.9. The lowest BCUT2D eigenvalue weighted by molar-refractivity contribution is -0.138. The van der Waals surface area contributed by atoms with Crippen molar-refractivity contribution < 1.29 is 18.7 Å². The minimum absolute atomic E-state index is 0.243. The summed E-state index contributed by atoms with van der Waals surface area (Å²) in [6, 6.07) is 6.86. The predicted octanol–water partition coefficient (Wildman–Crippen LogP) is 3.12. The van der Waals surface area contributed by atoms with Crippen LogP contribution in [0.25, 0.3) is 6.08 Å². The standard InChI is InChI=1S/C14H15FO3/c1-10(2)14(16)18-9-12(15)8-11-4-6-13(17-3)7-5-11/h4-8H,1,9H2,2-3H3. The molecule has 3 nitrogen and oxygen atoms in total. The van der Waals surface area contributed by atoms with Gasteiger partial charge in [0.1, 0.15) is 18.2 Å². The van der Waals surface area contributed by atoms with Crippen molar-refractivity contribution in [3.63, 3.8) is 0 Å². The van der Waals surface area contributed by atoms with Gasteiger partial charge in [0, 0.05) is 5.57 Å². The first-order valence-corrected chi connectivity index (χ1v) is 5.35. The summed E-state index contributed by atoms with van der Waals surface area (Å²) < 4.78 is 23.1. The number of esters is 1. The monoisotopic (exact) mass is 250 g/mol. The van der Waals surface area contributed by atoms with E-state index < -0.39 is 18.4 Å². The fraction of sp³-hybridized carbons (Fsp3) is 0.214. The van der Waals surface area contributed by atoms with Gasteiger partial charge in [0.15, 0.2) is 0 Å². The van der Waals surface area contributed by atoms with Crippen LogP contribution in [0, 0.1) is 0 Å². The zero-order valence-corrected chi connectivity index (χ0v) is 10.4. The highest BCUT2D eigenvalue weighted by molar-refractivity contribution is 5.87. The molecule has 0 unspecified atom stereocenters. The third kappa shape index (κ3) is 4.41. The molecule has 0 heterocycles. The summed E-state index contributed by atoms with van der Waals surface area (Å²) in [4.78, 5) is 11.1. The molecule has 0 N–H and O–H groups in total. The number of carbonyl (C=O) groups is 1. The molecule has 0 atom stereocenters. The van der Waals surface area contributed by atoms with Gasteiger partial charge in [-0.1, -0.05) is 18.7 Å². The van der Waals surface area contributed by atoms with Crippen molar-refractivity contribution in [3.05, 3.63) is 47.8 Å². The van der Waals surface area contributed by atoms with Crippen molar-refractivity contribution in [2.75, 3.05) is 13.7 Å². The molecule has 0 saturated carbocycles. The summed E-state index contributed by atoms with van der Waals surface area (Å²) >= 11 is 0. The van der Waals surface area contributed by atoms with E-state index in [1.807, 2.05) is 0 Å². The molecule has 1 rings (SSSR count). The van der Waals surface area contributed by atoms with Crippen LogP contribution in [0.2, 0.25) is 0 Å². The average Bonchev–Trinajstić information content (AvgIpc) is 2.36. The van der Waals surface area contributed by atoms with E-state index >= 15 is 0 Å². The number of hydrogen-bond acceptors (Lipinski definition) is 3. The van der Waals surface area contributed by atoms with Crippen LogP contribution in [0.1, 0.15) is 12.5 Å². The second-order valence-corrected chi connectivity index (χ2v) is 3.72. The third-order valence-electron chi connectivity index (χ3n) is 2.13. The van der Waals surface area contributed by atoms with Crippen LogP contribution >= 0.6 is 0 Å². The van der Waals surface area contributed by atoms with E-state index in [1.54, 1.807) is 31.4 Å². The van der Waals surface area contributed by atoms with E-state index in [0.29, 0.717) is 11.3 Å². The molecule has 0 saturated heterocycles. The summed E-state index contributed by atoms with van der Waals surface area (Å²) in [5.41, 5.74) is 0.909. The first kappa shape index (κ1) is 14.0. The summed E-state index contributed by atoms with van der Waals surface area (Å²) in [5.74, 6) is -0.440. The fourth-order valence-electron chi connectivity index (χ4n) is 1.18. The maximum Gasteiger partial charge on any atom is 0.333 e. The lowest BCUT2D eigenvalue weighted by Gasteiger charge is -2.03. The molecule has 0 fully saturated rings. The largest absolute Gasteiger partial charge is 0.497 e. The van der Waals surface area contributed by atoms with Gasteiger partial charge in [0.25, 0.3) is 0 Å². The highest BCUT2D eigenvalue weighted by atomic mass is 19.1. The molecule has 0 spiro atoms. The Morgan fingerprint density at radius 3 is 2.50 bits per heavy atom. The molecule has 0 aromatic heterocycles. The van der Waals surface area contributed by atoms with Crippen LogP contribution in [-0.4, -0.2) is 19.7 Å². The molecule has 0 aliphatic rings. The SMILES string of the molecule is C=C(C)C(=O)OCC(F)=Cc1ccc(OC)cc1. The van der Waals surface area contributed by atoms with Crippen LogP contribution in [0.4, 0.5) is 4.39 Å². The Bertz CT molecular complexity index is 460. The van der Waals surface area contributed by atoms with Crippen LogP contribution in [0.3, 0.4) is 0 Å². The summed E-state index contributed by atoms with van der Waals surface area (Å²) in [6.07, 6.45) is 1.30. The molecule has 1 aromatic carbocycles. The van der Waals surface area contributed by atoms with E-state index in [9.17, 15) is 9.18 Å². The van der Waals surface area contributed by atoms with Crippen molar-refractivity contribution >= 4 is 12.0 Å². The zero-order chi connectivity index (χ0) is 13.5. The Morgan fingerprint density at radius 1 is 1.39 bits per heavy atom. The number of carbonyl (C=O) groups excluding carboxylic acids is 1.